The van der Waals surface area contributed by atoms with Gasteiger partial charge in [-0.15, -0.1) is 11.3 Å². The molecule has 0 saturated carbocycles. The van der Waals surface area contributed by atoms with E-state index in [0.717, 1.165) is 13.0 Å². The van der Waals surface area contributed by atoms with E-state index in [4.69, 9.17) is 0 Å². The third kappa shape index (κ3) is 1.50. The first kappa shape index (κ1) is 11.2. The van der Waals surface area contributed by atoms with E-state index in [1.807, 2.05) is 11.3 Å². The Kier molecular flexibility index (Phi) is 2.30. The minimum Gasteiger partial charge on any atom is -0.289 e. The smallest absolute Gasteiger partial charge is 0.0433 e. The number of nitrogens with zero attached hydrogens (tertiary/aromatic N) is 1. The first-order chi connectivity index (χ1) is 9.25. The first-order valence-electron chi connectivity index (χ1n) is 6.71. The lowest BCUT2D eigenvalue weighted by Gasteiger charge is -2.17. The molecule has 4 rings (SSSR count). The number of benzene rings is 2. The number of aryl methyl sites for hydroxylation is 1. The molecule has 94 valence electrons. The van der Waals surface area contributed by atoms with Crippen LogP contribution in [0.5, 0.6) is 0 Å². The fourth-order valence-electron chi connectivity index (χ4n) is 3.12. The fourth-order valence-corrected chi connectivity index (χ4v) is 4.33. The van der Waals surface area contributed by atoms with E-state index < -0.39 is 0 Å². The van der Waals surface area contributed by atoms with E-state index in [-0.39, 0.29) is 0 Å². The summed E-state index contributed by atoms with van der Waals surface area (Å²) < 4.78 is 2.84. The molecule has 1 nitrogen and oxygen atoms in total. The predicted octanol–water partition coefficient (Wildman–Crippen LogP) is 4.73. The Morgan fingerprint density at radius 3 is 2.84 bits per heavy atom. The quantitative estimate of drug-likeness (QED) is 0.557. The maximum absolute atomic E-state index is 4.60. The van der Waals surface area contributed by atoms with Crippen LogP contribution >= 0.6 is 11.3 Å². The van der Waals surface area contributed by atoms with Crippen molar-refractivity contribution in [2.24, 2.45) is 4.99 Å². The van der Waals surface area contributed by atoms with E-state index in [2.05, 4.69) is 49.2 Å². The van der Waals surface area contributed by atoms with Gasteiger partial charge < -0.3 is 0 Å². The van der Waals surface area contributed by atoms with Gasteiger partial charge in [0.15, 0.2) is 0 Å². The number of hydrogen-bond donors (Lipinski definition) is 0. The van der Waals surface area contributed by atoms with Gasteiger partial charge in [-0.3, -0.25) is 4.99 Å². The summed E-state index contributed by atoms with van der Waals surface area (Å²) in [7, 11) is 0. The molecule has 19 heavy (non-hydrogen) atoms. The summed E-state index contributed by atoms with van der Waals surface area (Å²) in [6.45, 7) is 5.35. The number of fused-ring (bicyclic) bond motifs is 4. The summed E-state index contributed by atoms with van der Waals surface area (Å²) in [5.74, 6) is 0. The summed E-state index contributed by atoms with van der Waals surface area (Å²) in [4.78, 5) is 4.60. The molecule has 0 N–H and O–H groups in total. The van der Waals surface area contributed by atoms with E-state index >= 15 is 0 Å². The fraction of sp³-hybridized carbons (Fsp3) is 0.235. The van der Waals surface area contributed by atoms with E-state index in [1.165, 1.54) is 42.6 Å². The van der Waals surface area contributed by atoms with Gasteiger partial charge in [0.05, 0.1) is 0 Å². The molecule has 0 bridgehead atoms. The molecule has 0 aliphatic carbocycles. The van der Waals surface area contributed by atoms with Gasteiger partial charge in [0.2, 0.25) is 0 Å². The second-order valence-corrected chi connectivity index (χ2v) is 6.27. The van der Waals surface area contributed by atoms with Crippen LogP contribution in [0.3, 0.4) is 0 Å². The molecular formula is C17H15NS. The Morgan fingerprint density at radius 2 is 1.95 bits per heavy atom. The van der Waals surface area contributed by atoms with Crippen molar-refractivity contribution in [1.82, 2.24) is 0 Å². The molecule has 0 spiro atoms. The minimum atomic E-state index is 0.941. The minimum absolute atomic E-state index is 0.941. The molecular weight excluding hydrogens is 250 g/mol. The third-order valence-corrected chi connectivity index (χ3v) is 5.45. The van der Waals surface area contributed by atoms with Crippen LogP contribution in [0.2, 0.25) is 0 Å². The molecule has 1 aromatic heterocycles. The average Bonchev–Trinajstić information content (AvgIpc) is 2.80. The first-order valence-corrected chi connectivity index (χ1v) is 7.52. The summed E-state index contributed by atoms with van der Waals surface area (Å²) >= 11 is 1.92. The summed E-state index contributed by atoms with van der Waals surface area (Å²) in [6.07, 6.45) is 1.09. The van der Waals surface area contributed by atoms with Crippen LogP contribution in [0.4, 0.5) is 0 Å². The topological polar surface area (TPSA) is 12.4 Å². The van der Waals surface area contributed by atoms with Gasteiger partial charge in [0.1, 0.15) is 0 Å². The van der Waals surface area contributed by atoms with Crippen molar-refractivity contribution in [1.29, 1.82) is 0 Å². The number of hydrogen-bond acceptors (Lipinski definition) is 2. The summed E-state index contributed by atoms with van der Waals surface area (Å²) in [5.41, 5.74) is 5.52. The second kappa shape index (κ2) is 3.91. The standard InChI is InChI=1S/C17H15NS/c1-10-12-7-8-18-11(2)14(12)9-15-13-5-3-4-6-16(13)19-17(10)15/h3-6,9H,7-8H2,1-2H3. The molecule has 0 saturated heterocycles. The largest absolute Gasteiger partial charge is 0.289 e. The summed E-state index contributed by atoms with van der Waals surface area (Å²) in [5, 5.41) is 2.78. The van der Waals surface area contributed by atoms with Crippen LogP contribution in [-0.2, 0) is 6.42 Å². The molecule has 2 heteroatoms. The highest BCUT2D eigenvalue weighted by atomic mass is 32.1. The molecule has 1 aliphatic heterocycles. The zero-order chi connectivity index (χ0) is 13.0. The molecule has 3 aromatic rings. The van der Waals surface area contributed by atoms with Crippen molar-refractivity contribution in [2.75, 3.05) is 6.54 Å². The van der Waals surface area contributed by atoms with E-state index in [9.17, 15) is 0 Å². The second-order valence-electron chi connectivity index (χ2n) is 5.22. The van der Waals surface area contributed by atoms with E-state index in [0.29, 0.717) is 0 Å². The average molecular weight is 265 g/mol. The molecule has 1 aliphatic rings. The zero-order valence-electron chi connectivity index (χ0n) is 11.2. The van der Waals surface area contributed by atoms with Crippen LogP contribution < -0.4 is 0 Å². The van der Waals surface area contributed by atoms with Gasteiger partial charge in [0.25, 0.3) is 0 Å². The summed E-state index contributed by atoms with van der Waals surface area (Å²) in [6, 6.07) is 11.1. The maximum atomic E-state index is 4.60. The van der Waals surface area contributed by atoms with Crippen molar-refractivity contribution in [3.8, 4) is 0 Å². The maximum Gasteiger partial charge on any atom is 0.0433 e. The Bertz CT molecular complexity index is 839. The van der Waals surface area contributed by atoms with Crippen LogP contribution in [0.1, 0.15) is 23.6 Å². The van der Waals surface area contributed by atoms with Gasteiger partial charge in [-0.05, 0) is 49.1 Å². The molecule has 2 aromatic carbocycles. The Morgan fingerprint density at radius 1 is 1.11 bits per heavy atom. The van der Waals surface area contributed by atoms with Gasteiger partial charge in [0, 0.05) is 32.4 Å². The van der Waals surface area contributed by atoms with Crippen molar-refractivity contribution in [3.63, 3.8) is 0 Å². The highest BCUT2D eigenvalue weighted by Crippen LogP contribution is 2.39. The lowest BCUT2D eigenvalue weighted by Crippen LogP contribution is -2.11. The number of aliphatic imine (C=N–C) groups is 1. The molecule has 0 radical (unpaired) electrons. The van der Waals surface area contributed by atoms with Crippen LogP contribution in [0.15, 0.2) is 35.3 Å². The lowest BCUT2D eigenvalue weighted by atomic mass is 9.92. The van der Waals surface area contributed by atoms with Gasteiger partial charge >= 0.3 is 0 Å². The lowest BCUT2D eigenvalue weighted by molar-refractivity contribution is 0.935. The Labute approximate surface area is 116 Å². The van der Waals surface area contributed by atoms with Crippen molar-refractivity contribution < 1.29 is 0 Å². The Hall–Kier alpha value is -1.67. The predicted molar refractivity (Wildman–Crippen MR) is 84.9 cm³/mol. The van der Waals surface area contributed by atoms with Crippen molar-refractivity contribution in [3.05, 3.63) is 47.0 Å². The molecule has 2 heterocycles. The van der Waals surface area contributed by atoms with E-state index in [1.54, 1.807) is 0 Å². The zero-order valence-corrected chi connectivity index (χ0v) is 12.0. The molecule has 0 atom stereocenters. The van der Waals surface area contributed by atoms with Crippen LogP contribution in [0, 0.1) is 6.92 Å². The molecule has 0 amide bonds. The Balaban J connectivity index is 2.21. The third-order valence-electron chi connectivity index (χ3n) is 4.14. The van der Waals surface area contributed by atoms with Crippen LogP contribution in [0.25, 0.3) is 20.2 Å². The molecule has 0 fully saturated rings. The van der Waals surface area contributed by atoms with Crippen molar-refractivity contribution >= 4 is 37.2 Å². The SMILES string of the molecule is CC1=NCCc2c1cc1c(sc3ccccc31)c2C. The highest BCUT2D eigenvalue weighted by Gasteiger charge is 2.17. The van der Waals surface area contributed by atoms with Gasteiger partial charge in [-0.1, -0.05) is 18.2 Å². The number of rotatable bonds is 0. The highest BCUT2D eigenvalue weighted by molar-refractivity contribution is 7.26. The number of thiophene rings is 1. The van der Waals surface area contributed by atoms with Gasteiger partial charge in [-0.25, -0.2) is 0 Å². The molecule has 0 unspecified atom stereocenters. The monoisotopic (exact) mass is 265 g/mol. The van der Waals surface area contributed by atoms with Crippen molar-refractivity contribution in [2.45, 2.75) is 20.3 Å². The van der Waals surface area contributed by atoms with Crippen LogP contribution in [-0.4, -0.2) is 12.3 Å². The normalized spacial score (nSPS) is 14.7. The van der Waals surface area contributed by atoms with Gasteiger partial charge in [-0.2, -0.15) is 0 Å².